The molecule has 0 saturated carbocycles. The first-order valence-corrected chi connectivity index (χ1v) is 7.65. The minimum Gasteiger partial charge on any atom is -0.475 e. The van der Waals surface area contributed by atoms with Crippen molar-refractivity contribution in [1.29, 1.82) is 0 Å². The number of aromatic nitrogens is 1. The summed E-state index contributed by atoms with van der Waals surface area (Å²) in [7, 11) is 0. The number of aliphatic imine (C=N–C) groups is 1. The lowest BCUT2D eigenvalue weighted by Crippen LogP contribution is -2.48. The Kier molecular flexibility index (Phi) is 5.89. The summed E-state index contributed by atoms with van der Waals surface area (Å²) in [6.45, 7) is 3.63. The summed E-state index contributed by atoms with van der Waals surface area (Å²) in [5, 5.41) is 2.45. The van der Waals surface area contributed by atoms with E-state index >= 15 is 0 Å². The quantitative estimate of drug-likeness (QED) is 0.858. The predicted molar refractivity (Wildman–Crippen MR) is 86.3 cm³/mol. The molecule has 1 aromatic rings. The first-order valence-electron chi connectivity index (χ1n) is 7.28. The Labute approximate surface area is 147 Å². The van der Waals surface area contributed by atoms with Crippen LogP contribution in [-0.4, -0.2) is 41.4 Å². The van der Waals surface area contributed by atoms with E-state index in [1.807, 2.05) is 6.92 Å². The van der Waals surface area contributed by atoms with Crippen molar-refractivity contribution < 1.29 is 22.7 Å². The number of halogens is 4. The number of amides is 1. The summed E-state index contributed by atoms with van der Waals surface area (Å²) in [4.78, 5) is 20.8. The molecule has 1 N–H and O–H groups in total. The first kappa shape index (κ1) is 19.0. The van der Waals surface area contributed by atoms with E-state index in [0.29, 0.717) is 12.7 Å². The highest BCUT2D eigenvalue weighted by atomic mass is 35.5. The van der Waals surface area contributed by atoms with Gasteiger partial charge in [-0.25, -0.2) is 9.98 Å². The van der Waals surface area contributed by atoms with Crippen molar-refractivity contribution in [3.8, 4) is 5.88 Å². The second kappa shape index (κ2) is 7.73. The summed E-state index contributed by atoms with van der Waals surface area (Å²) in [5.41, 5.74) is -0.0939. The lowest BCUT2D eigenvalue weighted by molar-refractivity contribution is -0.137. The van der Waals surface area contributed by atoms with Crippen molar-refractivity contribution in [3.63, 3.8) is 0 Å². The van der Waals surface area contributed by atoms with Gasteiger partial charge in [-0.15, -0.1) is 0 Å². The molecule has 6 nitrogen and oxygen atoms in total. The van der Waals surface area contributed by atoms with Crippen LogP contribution >= 0.6 is 11.6 Å². The third-order valence-electron chi connectivity index (χ3n) is 3.33. The highest BCUT2D eigenvalue weighted by molar-refractivity contribution is 6.31. The third kappa shape index (κ3) is 5.09. The van der Waals surface area contributed by atoms with E-state index in [9.17, 15) is 18.0 Å². The van der Waals surface area contributed by atoms with Crippen molar-refractivity contribution in [2.75, 3.05) is 13.2 Å². The molecule has 10 heteroatoms. The van der Waals surface area contributed by atoms with Crippen molar-refractivity contribution >= 4 is 23.7 Å². The molecular formula is C15H16ClF3N4O2. The van der Waals surface area contributed by atoms with Gasteiger partial charge in [0.15, 0.2) is 6.29 Å². The molecule has 2 heterocycles. The molecule has 25 heavy (non-hydrogen) atoms. The van der Waals surface area contributed by atoms with Crippen molar-refractivity contribution in [2.24, 2.45) is 4.99 Å². The average molecular weight is 377 g/mol. The number of pyridine rings is 1. The Bertz CT molecular complexity index is 707. The lowest BCUT2D eigenvalue weighted by Gasteiger charge is -2.33. The minimum absolute atomic E-state index is 0.0899. The minimum atomic E-state index is -4.52. The number of carbonyl (C=O) groups is 1. The number of alkyl halides is 3. The molecule has 2 rings (SSSR count). The van der Waals surface area contributed by atoms with Crippen molar-refractivity contribution in [1.82, 2.24) is 15.2 Å². The molecule has 0 aliphatic carbocycles. The van der Waals surface area contributed by atoms with Gasteiger partial charge in [0.2, 0.25) is 11.8 Å². The van der Waals surface area contributed by atoms with E-state index in [0.717, 1.165) is 11.8 Å². The second-order valence-corrected chi connectivity index (χ2v) is 5.64. The molecule has 1 aromatic heterocycles. The van der Waals surface area contributed by atoms with Gasteiger partial charge in [0.25, 0.3) is 0 Å². The van der Waals surface area contributed by atoms with Crippen LogP contribution in [0.5, 0.6) is 5.88 Å². The van der Waals surface area contributed by atoms with Crippen molar-refractivity contribution in [3.05, 3.63) is 34.6 Å². The molecule has 0 fully saturated rings. The number of hydrogen-bond acceptors (Lipinski definition) is 5. The molecule has 0 spiro atoms. The van der Waals surface area contributed by atoms with E-state index < -0.39 is 18.0 Å². The van der Waals surface area contributed by atoms with Crippen LogP contribution in [0.2, 0.25) is 5.02 Å². The number of allylic oxidation sites excluding steroid dienone is 2. The largest absolute Gasteiger partial charge is 0.475 e. The summed E-state index contributed by atoms with van der Waals surface area (Å²) in [6, 6.07) is 0.764. The van der Waals surface area contributed by atoms with Gasteiger partial charge in [0.05, 0.1) is 12.1 Å². The first-order chi connectivity index (χ1) is 11.7. The Morgan fingerprint density at radius 1 is 1.48 bits per heavy atom. The maximum Gasteiger partial charge on any atom is 0.417 e. The average Bonchev–Trinajstić information content (AvgIpc) is 2.49. The molecule has 1 unspecified atom stereocenters. The monoisotopic (exact) mass is 376 g/mol. The molecule has 1 atom stereocenters. The van der Waals surface area contributed by atoms with E-state index in [2.05, 4.69) is 15.3 Å². The van der Waals surface area contributed by atoms with Crippen LogP contribution in [0, 0.1) is 0 Å². The summed E-state index contributed by atoms with van der Waals surface area (Å²) < 4.78 is 43.1. The molecule has 0 saturated heterocycles. The van der Waals surface area contributed by atoms with Gasteiger partial charge in [0, 0.05) is 25.0 Å². The number of carbonyl (C=O) groups excluding carboxylic acids is 1. The number of nitrogens with one attached hydrogen (secondary N) is 1. The lowest BCUT2D eigenvalue weighted by atomic mass is 10.3. The molecule has 1 amide bonds. The molecular weight excluding hydrogens is 361 g/mol. The van der Waals surface area contributed by atoms with Gasteiger partial charge in [-0.3, -0.25) is 4.79 Å². The Morgan fingerprint density at radius 2 is 2.20 bits per heavy atom. The van der Waals surface area contributed by atoms with E-state index in [1.54, 1.807) is 17.2 Å². The normalized spacial score (nSPS) is 17.3. The number of ether oxygens (including phenoxy) is 1. The highest BCUT2D eigenvalue weighted by Crippen LogP contribution is 2.33. The van der Waals surface area contributed by atoms with Crippen LogP contribution in [0.3, 0.4) is 0 Å². The van der Waals surface area contributed by atoms with E-state index in [4.69, 9.17) is 16.3 Å². The zero-order chi connectivity index (χ0) is 18.6. The van der Waals surface area contributed by atoms with Gasteiger partial charge in [-0.1, -0.05) is 11.6 Å². The summed E-state index contributed by atoms with van der Waals surface area (Å²) in [6.07, 6.45) is -1.07. The van der Waals surface area contributed by atoms with Gasteiger partial charge < -0.3 is 15.0 Å². The fourth-order valence-corrected chi connectivity index (χ4v) is 2.35. The Balaban J connectivity index is 1.98. The van der Waals surface area contributed by atoms with Crippen LogP contribution in [0.15, 0.2) is 29.0 Å². The fraction of sp³-hybridized carbons (Fsp3) is 0.400. The standard InChI is InChI=1S/C15H16ClF3N4O2/c1-9-3-4-20-14(22-10(2)24)23(9)5-6-25-13-12(16)7-11(8-21-13)15(17,18)19/h3-4,7-8,14H,5-6H2,1-2H3,(H,22,24). The second-order valence-electron chi connectivity index (χ2n) is 5.23. The fourth-order valence-electron chi connectivity index (χ4n) is 2.12. The van der Waals surface area contributed by atoms with Crippen LogP contribution in [0.1, 0.15) is 19.4 Å². The van der Waals surface area contributed by atoms with Crippen LogP contribution in [0.4, 0.5) is 13.2 Å². The summed E-state index contributed by atoms with van der Waals surface area (Å²) in [5.74, 6) is -0.330. The maximum absolute atomic E-state index is 12.6. The maximum atomic E-state index is 12.6. The Morgan fingerprint density at radius 3 is 2.80 bits per heavy atom. The van der Waals surface area contributed by atoms with Gasteiger partial charge in [-0.2, -0.15) is 13.2 Å². The van der Waals surface area contributed by atoms with Crippen LogP contribution < -0.4 is 10.1 Å². The third-order valence-corrected chi connectivity index (χ3v) is 3.60. The smallest absolute Gasteiger partial charge is 0.417 e. The molecule has 0 radical (unpaired) electrons. The van der Waals surface area contributed by atoms with Gasteiger partial charge in [0.1, 0.15) is 11.6 Å². The zero-order valence-corrected chi connectivity index (χ0v) is 14.2. The Hall–Kier alpha value is -2.29. The van der Waals surface area contributed by atoms with Crippen LogP contribution in [0.25, 0.3) is 0 Å². The van der Waals surface area contributed by atoms with Gasteiger partial charge in [-0.05, 0) is 19.1 Å². The topological polar surface area (TPSA) is 66.8 Å². The number of nitrogens with zero attached hydrogens (tertiary/aromatic N) is 3. The van der Waals surface area contributed by atoms with Gasteiger partial charge >= 0.3 is 6.18 Å². The molecule has 0 aromatic carbocycles. The van der Waals surface area contributed by atoms with E-state index in [1.165, 1.54) is 6.92 Å². The zero-order valence-electron chi connectivity index (χ0n) is 13.5. The number of hydrogen-bond donors (Lipinski definition) is 1. The molecule has 1 aliphatic heterocycles. The van der Waals surface area contributed by atoms with Crippen molar-refractivity contribution in [2.45, 2.75) is 26.3 Å². The molecule has 0 bridgehead atoms. The number of rotatable bonds is 5. The van der Waals surface area contributed by atoms with E-state index in [-0.39, 0.29) is 23.4 Å². The molecule has 1 aliphatic rings. The molecule has 136 valence electrons. The van der Waals surface area contributed by atoms with Crippen LogP contribution in [-0.2, 0) is 11.0 Å². The SMILES string of the molecule is CC(=O)NC1N=CC=C(C)N1CCOc1ncc(C(F)(F)F)cc1Cl. The summed E-state index contributed by atoms with van der Waals surface area (Å²) >= 11 is 5.79. The predicted octanol–water partition coefficient (Wildman–Crippen LogP) is 2.84. The highest BCUT2D eigenvalue weighted by Gasteiger charge is 2.31.